The number of hydrogen-bond acceptors (Lipinski definition) is 11. The third kappa shape index (κ3) is 14.8. The zero-order valence-electron chi connectivity index (χ0n) is 47.1. The van der Waals surface area contributed by atoms with Crippen molar-refractivity contribution in [3.8, 4) is 23.0 Å². The number of fused-ring (bicyclic) bond motifs is 10. The second-order valence-corrected chi connectivity index (χ2v) is 20.6. The Morgan fingerprint density at radius 2 is 0.720 bits per heavy atom. The fraction of sp³-hybridized carbons (Fsp3) is 0.299. The van der Waals surface area contributed by atoms with E-state index in [2.05, 4.69) is 101 Å². The summed E-state index contributed by atoms with van der Waals surface area (Å²) < 4.78 is 27.1. The molecule has 0 saturated heterocycles. The first-order valence-corrected chi connectivity index (χ1v) is 28.5. The van der Waals surface area contributed by atoms with Crippen LogP contribution in [0.1, 0.15) is 141 Å². The van der Waals surface area contributed by atoms with Crippen molar-refractivity contribution in [2.45, 2.75) is 104 Å². The fourth-order valence-corrected chi connectivity index (χ4v) is 10.2. The van der Waals surface area contributed by atoms with Gasteiger partial charge in [0.15, 0.2) is 0 Å². The van der Waals surface area contributed by atoms with E-state index in [1.807, 2.05) is 84.9 Å². The van der Waals surface area contributed by atoms with E-state index in [9.17, 15) is 19.2 Å². The molecule has 0 fully saturated rings. The van der Waals surface area contributed by atoms with E-state index in [0.29, 0.717) is 63.2 Å². The van der Waals surface area contributed by atoms with Crippen LogP contribution in [0.4, 0.5) is 0 Å². The van der Waals surface area contributed by atoms with E-state index >= 15 is 0 Å². The summed E-state index contributed by atoms with van der Waals surface area (Å²) >= 11 is 0. The molecule has 3 aliphatic rings. The monoisotopic (exact) mass is 1100 g/mol. The largest absolute Gasteiger partial charge is 0.493 e. The first-order valence-electron chi connectivity index (χ1n) is 28.5. The molecule has 1 aliphatic carbocycles. The average molecular weight is 1100 g/mol. The zero-order valence-corrected chi connectivity index (χ0v) is 47.1. The molecule has 2 atom stereocenters. The molecule has 422 valence electrons. The Bertz CT molecular complexity index is 3130. The molecule has 3 heterocycles. The number of ether oxygens (including phenoxy) is 4. The first-order chi connectivity index (χ1) is 40.1. The highest BCUT2D eigenvalue weighted by Gasteiger charge is 2.27. The van der Waals surface area contributed by atoms with Gasteiger partial charge in [-0.15, -0.1) is 0 Å². The van der Waals surface area contributed by atoms with Gasteiger partial charge in [0.2, 0.25) is 0 Å². The molecule has 4 amide bonds. The molecule has 0 spiro atoms. The van der Waals surface area contributed by atoms with Crippen molar-refractivity contribution in [3.63, 3.8) is 0 Å². The minimum absolute atomic E-state index is 0.116. The van der Waals surface area contributed by atoms with Gasteiger partial charge in [0.1, 0.15) is 46.5 Å². The molecule has 12 bridgehead atoms. The van der Waals surface area contributed by atoms with E-state index in [-0.39, 0.29) is 24.2 Å². The highest BCUT2D eigenvalue weighted by atomic mass is 16.5. The van der Waals surface area contributed by atoms with Crippen LogP contribution in [-0.2, 0) is 48.1 Å². The summed E-state index contributed by atoms with van der Waals surface area (Å²) in [5.74, 6) is 0.448. The summed E-state index contributed by atoms with van der Waals surface area (Å²) in [5.41, 5.74) is 15.5. The second kappa shape index (κ2) is 28.3. The molecule has 0 saturated carbocycles. The minimum atomic E-state index is -1.12. The van der Waals surface area contributed by atoms with Gasteiger partial charge in [-0.2, -0.15) is 10.2 Å². The topological polar surface area (TPSA) is 191 Å². The number of hydrogen-bond donors (Lipinski definition) is 4. The minimum Gasteiger partial charge on any atom is -0.493 e. The smallest absolute Gasteiger partial charge is 0.270 e. The van der Waals surface area contributed by atoms with E-state index < -0.39 is 35.7 Å². The number of carbonyl (C=O) groups excluding carboxylic acids is 4. The lowest BCUT2D eigenvalue weighted by Crippen LogP contribution is -2.47. The normalized spacial score (nSPS) is 16.3. The maximum Gasteiger partial charge on any atom is 0.270 e. The summed E-state index contributed by atoms with van der Waals surface area (Å²) in [5, 5.41) is 14.8. The third-order valence-corrected chi connectivity index (χ3v) is 14.0. The molecular formula is C67H71N7O8. The van der Waals surface area contributed by atoms with Crippen LogP contribution in [0.2, 0.25) is 0 Å². The average Bonchev–Trinajstić information content (AvgIpc) is 3.68. The number of rotatable bonds is 16. The number of para-hydroxylation sites is 2. The quantitative estimate of drug-likeness (QED) is 0.0729. The number of benzene rings is 6. The van der Waals surface area contributed by atoms with E-state index in [1.165, 1.54) is 18.2 Å². The SMILES string of the molecule is CCCOc1c2cccc1Cc1cc3cc(c1OCCC)Cc1cccc(c1OCCC)Cc1cc(cc(c1OCCC)C2)/C=N/NC(=O)[C@H](Cc1ccccc1)NC(=O)c1cccc(n1)C(=O)N[C@@H](Cc1ccccc1)C(=O)N/N=C/3. The van der Waals surface area contributed by atoms with Crippen molar-refractivity contribution in [1.82, 2.24) is 26.5 Å². The van der Waals surface area contributed by atoms with Gasteiger partial charge in [-0.05, 0) is 129 Å². The Hall–Kier alpha value is -9.11. The van der Waals surface area contributed by atoms with Crippen LogP contribution in [0.25, 0.3) is 0 Å². The number of nitrogens with one attached hydrogen (secondary N) is 4. The van der Waals surface area contributed by atoms with Crippen molar-refractivity contribution in [1.29, 1.82) is 0 Å². The molecule has 2 aliphatic heterocycles. The molecule has 7 aromatic rings. The summed E-state index contributed by atoms with van der Waals surface area (Å²) in [4.78, 5) is 61.4. The Labute approximate surface area is 480 Å². The zero-order chi connectivity index (χ0) is 57.2. The van der Waals surface area contributed by atoms with Crippen LogP contribution in [0.3, 0.4) is 0 Å². The molecular weight excluding hydrogens is 1030 g/mol. The maximum absolute atomic E-state index is 14.4. The van der Waals surface area contributed by atoms with Crippen LogP contribution in [-0.4, -0.2) is 79.6 Å². The van der Waals surface area contributed by atoms with Crippen molar-refractivity contribution >= 4 is 36.1 Å². The van der Waals surface area contributed by atoms with Gasteiger partial charge in [0, 0.05) is 38.5 Å². The fourth-order valence-electron chi connectivity index (χ4n) is 10.2. The number of amides is 4. The Morgan fingerprint density at radius 1 is 0.402 bits per heavy atom. The number of nitrogens with zero attached hydrogens (tertiary/aromatic N) is 3. The van der Waals surface area contributed by atoms with Gasteiger partial charge in [0.05, 0.1) is 38.9 Å². The summed E-state index contributed by atoms with van der Waals surface area (Å²) in [6.07, 6.45) is 8.28. The molecule has 6 aromatic carbocycles. The maximum atomic E-state index is 14.4. The van der Waals surface area contributed by atoms with Gasteiger partial charge in [-0.1, -0.05) is 131 Å². The molecule has 10 rings (SSSR count). The lowest BCUT2D eigenvalue weighted by molar-refractivity contribution is -0.123. The van der Waals surface area contributed by atoms with Crippen molar-refractivity contribution < 1.29 is 38.1 Å². The van der Waals surface area contributed by atoms with Crippen molar-refractivity contribution in [2.24, 2.45) is 10.2 Å². The third-order valence-electron chi connectivity index (χ3n) is 14.0. The molecule has 15 heteroatoms. The number of carbonyl (C=O) groups is 4. The van der Waals surface area contributed by atoms with Gasteiger partial charge in [0.25, 0.3) is 23.6 Å². The highest BCUT2D eigenvalue weighted by molar-refractivity contribution is 6.00. The van der Waals surface area contributed by atoms with Crippen LogP contribution in [0.15, 0.2) is 150 Å². The molecule has 15 nitrogen and oxygen atoms in total. The molecule has 0 unspecified atom stereocenters. The first kappa shape index (κ1) is 57.6. The van der Waals surface area contributed by atoms with E-state index in [0.717, 1.165) is 104 Å². The summed E-state index contributed by atoms with van der Waals surface area (Å²) in [7, 11) is 0. The van der Waals surface area contributed by atoms with Crippen LogP contribution >= 0.6 is 0 Å². The number of hydrazone groups is 2. The number of aromatic nitrogens is 1. The number of pyridine rings is 1. The molecule has 1 aromatic heterocycles. The lowest BCUT2D eigenvalue weighted by Gasteiger charge is -2.23. The molecule has 0 radical (unpaired) electrons. The van der Waals surface area contributed by atoms with Crippen molar-refractivity contribution in [2.75, 3.05) is 26.4 Å². The predicted molar refractivity (Wildman–Crippen MR) is 319 cm³/mol. The van der Waals surface area contributed by atoms with Crippen LogP contribution in [0, 0.1) is 0 Å². The van der Waals surface area contributed by atoms with E-state index in [1.54, 1.807) is 12.4 Å². The van der Waals surface area contributed by atoms with Crippen LogP contribution < -0.4 is 40.4 Å². The summed E-state index contributed by atoms with van der Waals surface area (Å²) in [6, 6.07) is 41.4. The van der Waals surface area contributed by atoms with Crippen LogP contribution in [0.5, 0.6) is 23.0 Å². The van der Waals surface area contributed by atoms with Gasteiger partial charge >= 0.3 is 0 Å². The second-order valence-electron chi connectivity index (χ2n) is 20.6. The Balaban J connectivity index is 1.25. The molecule has 4 N–H and O–H groups in total. The Morgan fingerprint density at radius 3 is 1.05 bits per heavy atom. The van der Waals surface area contributed by atoms with Gasteiger partial charge in [-0.25, -0.2) is 15.8 Å². The highest BCUT2D eigenvalue weighted by Crippen LogP contribution is 2.40. The van der Waals surface area contributed by atoms with Crippen molar-refractivity contribution in [3.05, 3.63) is 218 Å². The molecule has 82 heavy (non-hydrogen) atoms. The van der Waals surface area contributed by atoms with Gasteiger partial charge in [-0.3, -0.25) is 19.2 Å². The lowest BCUT2D eigenvalue weighted by atomic mass is 9.90. The predicted octanol–water partition coefficient (Wildman–Crippen LogP) is 10.2. The summed E-state index contributed by atoms with van der Waals surface area (Å²) in [6.45, 7) is 10.2. The van der Waals surface area contributed by atoms with E-state index in [4.69, 9.17) is 18.9 Å². The van der Waals surface area contributed by atoms with Gasteiger partial charge < -0.3 is 29.6 Å². The Kier molecular flexibility index (Phi) is 19.9. The standard InChI is InChI=1S/C67H71N7O8/c1-5-28-79-60-48-22-15-23-49(60)39-53-33-47-35-55(63(53)82-31-8-4)41-51-25-16-24-50(61(51)80-29-6-2)40-54-34-46(32-52(38-48)62(54)81-30-7-3)42-68-73-66(77)58(36-44-18-11-9-12-19-44)71-64(75)56-26-17-27-57(70-56)65(76)72-59(67(78)74-69-43-47)37-45-20-13-10-14-21-45/h9-27,32-35,42-43,58-59H,5-8,28-31,36-41H2,1-4H3,(H,71,75)(H,72,76)(H,73,77)(H,74,78)/b68-42+,69-43+/t58-,59-/m0/s1.